The minimum Gasteiger partial charge on any atom is -0.378 e. The second kappa shape index (κ2) is 7.22. The number of nitrogens with zero attached hydrogens (tertiary/aromatic N) is 3. The number of morpholine rings is 1. The van der Waals surface area contributed by atoms with E-state index in [4.69, 9.17) is 4.74 Å². The lowest BCUT2D eigenvalue weighted by molar-refractivity contribution is -0.384. The van der Waals surface area contributed by atoms with Gasteiger partial charge in [-0.05, 0) is 19.9 Å². The Labute approximate surface area is 129 Å². The third-order valence-electron chi connectivity index (χ3n) is 3.82. The number of ether oxygens (including phenoxy) is 1. The summed E-state index contributed by atoms with van der Waals surface area (Å²) in [6, 6.07) is 4.50. The zero-order valence-corrected chi connectivity index (χ0v) is 12.9. The summed E-state index contributed by atoms with van der Waals surface area (Å²) in [6.45, 7) is 7.47. The van der Waals surface area contributed by atoms with E-state index in [1.54, 1.807) is 11.0 Å². The lowest BCUT2D eigenvalue weighted by atomic mass is 10.1. The molecule has 0 radical (unpaired) electrons. The maximum atomic E-state index is 12.7. The lowest BCUT2D eigenvalue weighted by Gasteiger charge is -2.31. The number of nitro benzene ring substituents is 1. The molecular formula is C15H21N3O4. The van der Waals surface area contributed by atoms with Crippen LogP contribution in [0.1, 0.15) is 24.2 Å². The molecule has 1 aliphatic rings. The topological polar surface area (TPSA) is 75.9 Å². The third kappa shape index (κ3) is 3.36. The highest BCUT2D eigenvalue weighted by Gasteiger charge is 2.24. The van der Waals surface area contributed by atoms with Gasteiger partial charge < -0.3 is 14.5 Å². The summed E-state index contributed by atoms with van der Waals surface area (Å²) in [5.74, 6) is -0.171. The van der Waals surface area contributed by atoms with Crippen LogP contribution in [-0.4, -0.2) is 55.1 Å². The number of rotatable bonds is 5. The summed E-state index contributed by atoms with van der Waals surface area (Å²) in [6.07, 6.45) is 0. The van der Waals surface area contributed by atoms with Crippen molar-refractivity contribution in [1.29, 1.82) is 0 Å². The first-order valence-corrected chi connectivity index (χ1v) is 7.48. The third-order valence-corrected chi connectivity index (χ3v) is 3.82. The van der Waals surface area contributed by atoms with E-state index < -0.39 is 4.92 Å². The quantitative estimate of drug-likeness (QED) is 0.613. The van der Waals surface area contributed by atoms with E-state index in [9.17, 15) is 14.9 Å². The number of amides is 1. The van der Waals surface area contributed by atoms with Crippen LogP contribution in [0.2, 0.25) is 0 Å². The maximum absolute atomic E-state index is 12.7. The first-order valence-electron chi connectivity index (χ1n) is 7.48. The normalized spacial score (nSPS) is 14.7. The molecule has 0 unspecified atom stereocenters. The minimum absolute atomic E-state index is 0.0625. The molecule has 0 aromatic heterocycles. The highest BCUT2D eigenvalue weighted by Crippen LogP contribution is 2.27. The van der Waals surface area contributed by atoms with E-state index in [1.807, 2.05) is 18.7 Å². The van der Waals surface area contributed by atoms with Crippen LogP contribution in [0.4, 0.5) is 11.4 Å². The van der Waals surface area contributed by atoms with Crippen LogP contribution in [-0.2, 0) is 4.74 Å². The Bertz CT molecular complexity index is 552. The first-order chi connectivity index (χ1) is 10.6. The van der Waals surface area contributed by atoms with Crippen molar-refractivity contribution in [2.75, 3.05) is 44.3 Å². The van der Waals surface area contributed by atoms with E-state index in [0.717, 1.165) is 5.69 Å². The summed E-state index contributed by atoms with van der Waals surface area (Å²) >= 11 is 0. The molecule has 120 valence electrons. The lowest BCUT2D eigenvalue weighted by Crippen LogP contribution is -2.38. The van der Waals surface area contributed by atoms with E-state index in [-0.39, 0.29) is 11.6 Å². The Balaban J connectivity index is 2.43. The summed E-state index contributed by atoms with van der Waals surface area (Å²) in [7, 11) is 0. The van der Waals surface area contributed by atoms with Crippen LogP contribution >= 0.6 is 0 Å². The monoisotopic (exact) mass is 307 g/mol. The molecule has 2 rings (SSSR count). The highest BCUT2D eigenvalue weighted by atomic mass is 16.6. The van der Waals surface area contributed by atoms with Gasteiger partial charge in [-0.15, -0.1) is 0 Å². The summed E-state index contributed by atoms with van der Waals surface area (Å²) in [5, 5.41) is 11.0. The van der Waals surface area contributed by atoms with Gasteiger partial charge in [-0.1, -0.05) is 0 Å². The molecule has 1 aliphatic heterocycles. The molecular weight excluding hydrogens is 286 g/mol. The second-order valence-corrected chi connectivity index (χ2v) is 5.04. The molecule has 1 heterocycles. The van der Waals surface area contributed by atoms with Crippen molar-refractivity contribution >= 4 is 17.3 Å². The van der Waals surface area contributed by atoms with E-state index in [2.05, 4.69) is 0 Å². The van der Waals surface area contributed by atoms with Crippen molar-refractivity contribution in [2.45, 2.75) is 13.8 Å². The predicted molar refractivity (Wildman–Crippen MR) is 83.4 cm³/mol. The van der Waals surface area contributed by atoms with Crippen LogP contribution in [0.3, 0.4) is 0 Å². The number of non-ortho nitro benzene ring substituents is 1. The number of benzene rings is 1. The van der Waals surface area contributed by atoms with Gasteiger partial charge in [0.1, 0.15) is 0 Å². The Hall–Kier alpha value is -2.15. The number of carbonyl (C=O) groups is 1. The van der Waals surface area contributed by atoms with Gasteiger partial charge in [0.05, 0.1) is 29.4 Å². The number of nitro groups is 1. The summed E-state index contributed by atoms with van der Waals surface area (Å²) in [5.41, 5.74) is 1.07. The maximum Gasteiger partial charge on any atom is 0.270 e. The molecule has 0 N–H and O–H groups in total. The van der Waals surface area contributed by atoms with E-state index >= 15 is 0 Å². The summed E-state index contributed by atoms with van der Waals surface area (Å²) in [4.78, 5) is 27.0. The summed E-state index contributed by atoms with van der Waals surface area (Å²) < 4.78 is 5.33. The van der Waals surface area contributed by atoms with Gasteiger partial charge in [-0.3, -0.25) is 14.9 Å². The number of anilines is 1. The zero-order valence-electron chi connectivity index (χ0n) is 12.9. The van der Waals surface area contributed by atoms with Gasteiger partial charge in [0.2, 0.25) is 0 Å². The molecule has 1 saturated heterocycles. The average molecular weight is 307 g/mol. The number of hydrogen-bond acceptors (Lipinski definition) is 5. The van der Waals surface area contributed by atoms with Crippen LogP contribution in [0, 0.1) is 10.1 Å². The van der Waals surface area contributed by atoms with Gasteiger partial charge in [-0.25, -0.2) is 0 Å². The number of hydrogen-bond donors (Lipinski definition) is 0. The van der Waals surface area contributed by atoms with Crippen molar-refractivity contribution in [3.63, 3.8) is 0 Å². The number of carbonyl (C=O) groups excluding carboxylic acids is 1. The molecule has 1 aromatic carbocycles. The Morgan fingerprint density at radius 1 is 1.32 bits per heavy atom. The average Bonchev–Trinajstić information content (AvgIpc) is 2.56. The first kappa shape index (κ1) is 16.2. The Morgan fingerprint density at radius 2 is 1.95 bits per heavy atom. The smallest absolute Gasteiger partial charge is 0.270 e. The van der Waals surface area contributed by atoms with Crippen molar-refractivity contribution in [3.8, 4) is 0 Å². The molecule has 22 heavy (non-hydrogen) atoms. The molecule has 0 aliphatic carbocycles. The largest absolute Gasteiger partial charge is 0.378 e. The molecule has 0 spiro atoms. The SMILES string of the molecule is CCN(CC)C(=O)c1cc([N+](=O)[O-])ccc1N1CCOCC1. The van der Waals surface area contributed by atoms with Gasteiger partial charge >= 0.3 is 0 Å². The van der Waals surface area contributed by atoms with Gasteiger partial charge in [-0.2, -0.15) is 0 Å². The molecule has 7 nitrogen and oxygen atoms in total. The molecule has 0 bridgehead atoms. The van der Waals surface area contributed by atoms with Crippen molar-refractivity contribution in [1.82, 2.24) is 4.90 Å². The van der Waals surface area contributed by atoms with Gasteiger partial charge in [0.25, 0.3) is 11.6 Å². The Kier molecular flexibility index (Phi) is 5.32. The minimum atomic E-state index is -0.470. The molecule has 1 fully saturated rings. The molecule has 0 saturated carbocycles. The van der Waals surface area contributed by atoms with Crippen LogP contribution < -0.4 is 4.90 Å². The van der Waals surface area contributed by atoms with E-state index in [1.165, 1.54) is 12.1 Å². The molecule has 1 aromatic rings. The van der Waals surface area contributed by atoms with Crippen molar-refractivity contribution < 1.29 is 14.5 Å². The highest BCUT2D eigenvalue weighted by molar-refractivity contribution is 6.00. The van der Waals surface area contributed by atoms with Gasteiger partial charge in [0.15, 0.2) is 0 Å². The molecule has 1 amide bonds. The molecule has 0 atom stereocenters. The fourth-order valence-electron chi connectivity index (χ4n) is 2.57. The Morgan fingerprint density at radius 3 is 2.50 bits per heavy atom. The molecule has 7 heteroatoms. The van der Waals surface area contributed by atoms with Crippen molar-refractivity contribution in [3.05, 3.63) is 33.9 Å². The van der Waals surface area contributed by atoms with Crippen LogP contribution in [0.5, 0.6) is 0 Å². The van der Waals surface area contributed by atoms with Crippen molar-refractivity contribution in [2.24, 2.45) is 0 Å². The fourth-order valence-corrected chi connectivity index (χ4v) is 2.57. The van der Waals surface area contributed by atoms with Gasteiger partial charge in [0, 0.05) is 38.3 Å². The fraction of sp³-hybridized carbons (Fsp3) is 0.533. The van der Waals surface area contributed by atoms with Crippen LogP contribution in [0.15, 0.2) is 18.2 Å². The predicted octanol–water partition coefficient (Wildman–Crippen LogP) is 1.91. The standard InChI is InChI=1S/C15H21N3O4/c1-3-16(4-2)15(19)13-11-12(18(20)21)5-6-14(13)17-7-9-22-10-8-17/h5-6,11H,3-4,7-10H2,1-2H3. The van der Waals surface area contributed by atoms with Crippen LogP contribution in [0.25, 0.3) is 0 Å². The zero-order chi connectivity index (χ0) is 16.1. The second-order valence-electron chi connectivity index (χ2n) is 5.04. The van der Waals surface area contributed by atoms with E-state index in [0.29, 0.717) is 45.0 Å².